The Hall–Kier alpha value is -1.48. The minimum absolute atomic E-state index is 0. The lowest BCUT2D eigenvalue weighted by Crippen LogP contribution is -2.37. The van der Waals surface area contributed by atoms with Crippen LogP contribution in [0.3, 0.4) is 0 Å². The van der Waals surface area contributed by atoms with E-state index in [2.05, 4.69) is 30.9 Å². The summed E-state index contributed by atoms with van der Waals surface area (Å²) >= 11 is 5.00. The number of halogens is 2. The number of aryl methyl sites for hydroxylation is 1. The van der Waals surface area contributed by atoms with Gasteiger partial charge >= 0.3 is 0 Å². The summed E-state index contributed by atoms with van der Waals surface area (Å²) in [6.07, 6.45) is 1.83. The van der Waals surface area contributed by atoms with Gasteiger partial charge in [-0.25, -0.2) is 4.98 Å². The number of aromatic nitrogens is 3. The average Bonchev–Trinajstić information content (AvgIpc) is 3.20. The molecule has 0 aliphatic heterocycles. The van der Waals surface area contributed by atoms with Gasteiger partial charge in [-0.15, -0.1) is 12.4 Å². The summed E-state index contributed by atoms with van der Waals surface area (Å²) in [5.74, 6) is -0.118. The van der Waals surface area contributed by atoms with Gasteiger partial charge in [-0.3, -0.25) is 14.4 Å². The van der Waals surface area contributed by atoms with Crippen LogP contribution in [-0.2, 0) is 6.54 Å². The molecule has 6 nitrogen and oxygen atoms in total. The third-order valence-corrected chi connectivity index (χ3v) is 5.30. The predicted molar refractivity (Wildman–Crippen MR) is 113 cm³/mol. The van der Waals surface area contributed by atoms with Crippen molar-refractivity contribution in [3.63, 3.8) is 0 Å². The van der Waals surface area contributed by atoms with Crippen LogP contribution < -0.4 is 4.90 Å². The van der Waals surface area contributed by atoms with E-state index in [-0.39, 0.29) is 18.3 Å². The fourth-order valence-electron chi connectivity index (χ4n) is 2.38. The molecule has 0 saturated heterocycles. The van der Waals surface area contributed by atoms with Crippen molar-refractivity contribution in [3.05, 3.63) is 40.6 Å². The first-order valence-electron chi connectivity index (χ1n) is 8.04. The Kier molecular flexibility index (Phi) is 7.16. The Bertz CT molecular complexity index is 894. The van der Waals surface area contributed by atoms with Crippen LogP contribution in [0.25, 0.3) is 10.2 Å². The zero-order valence-electron chi connectivity index (χ0n) is 14.8. The van der Waals surface area contributed by atoms with E-state index in [0.717, 1.165) is 27.8 Å². The number of benzene rings is 1. The quantitative estimate of drug-likeness (QED) is 0.562. The number of hydrogen-bond acceptors (Lipinski definition) is 5. The first-order valence-corrected chi connectivity index (χ1v) is 9.65. The fraction of sp³-hybridized carbons (Fsp3) is 0.353. The summed E-state index contributed by atoms with van der Waals surface area (Å²) in [6, 6.07) is 7.70. The Balaban J connectivity index is 0.00000243. The first kappa shape index (κ1) is 20.8. The van der Waals surface area contributed by atoms with Crippen molar-refractivity contribution < 1.29 is 4.79 Å². The molecule has 26 heavy (non-hydrogen) atoms. The van der Waals surface area contributed by atoms with E-state index in [4.69, 9.17) is 0 Å². The van der Waals surface area contributed by atoms with E-state index < -0.39 is 0 Å². The molecule has 0 bridgehead atoms. The van der Waals surface area contributed by atoms with E-state index in [1.807, 2.05) is 45.4 Å². The number of rotatable bonds is 6. The van der Waals surface area contributed by atoms with Crippen LogP contribution in [0.15, 0.2) is 34.9 Å². The van der Waals surface area contributed by atoms with Gasteiger partial charge in [0.1, 0.15) is 0 Å². The van der Waals surface area contributed by atoms with E-state index in [1.54, 1.807) is 15.6 Å². The molecule has 0 N–H and O–H groups in total. The topological polar surface area (TPSA) is 54.3 Å². The van der Waals surface area contributed by atoms with Crippen LogP contribution in [0.4, 0.5) is 5.13 Å². The van der Waals surface area contributed by atoms with Gasteiger partial charge in [0.2, 0.25) is 0 Å². The summed E-state index contributed by atoms with van der Waals surface area (Å²) in [7, 11) is 3.98. The van der Waals surface area contributed by atoms with Crippen molar-refractivity contribution in [3.8, 4) is 0 Å². The molecule has 0 aliphatic rings. The molecule has 1 amide bonds. The number of fused-ring (bicyclic) bond motifs is 1. The molecule has 1 aromatic carbocycles. The minimum Gasteiger partial charge on any atom is -0.308 e. The van der Waals surface area contributed by atoms with E-state index in [0.29, 0.717) is 17.4 Å². The van der Waals surface area contributed by atoms with Crippen molar-refractivity contribution in [2.75, 3.05) is 32.1 Å². The molecular weight excluding hydrogens is 438 g/mol. The van der Waals surface area contributed by atoms with Crippen LogP contribution in [0.5, 0.6) is 0 Å². The van der Waals surface area contributed by atoms with E-state index in [9.17, 15) is 4.79 Å². The van der Waals surface area contributed by atoms with Gasteiger partial charge in [0.25, 0.3) is 5.91 Å². The SMILES string of the molecule is CCn1ccc(C(=O)N(CCN(C)C)c2nc3ccc(Br)cc3s2)n1.Cl. The number of likely N-dealkylation sites (N-methyl/N-ethyl adjacent to an activating group) is 1. The van der Waals surface area contributed by atoms with Gasteiger partial charge in [-0.2, -0.15) is 5.10 Å². The molecule has 0 aliphatic carbocycles. The van der Waals surface area contributed by atoms with Crippen LogP contribution in [0, 0.1) is 0 Å². The maximum absolute atomic E-state index is 13.0. The van der Waals surface area contributed by atoms with Gasteiger partial charge in [-0.1, -0.05) is 27.3 Å². The number of carbonyl (C=O) groups excluding carboxylic acids is 1. The second-order valence-electron chi connectivity index (χ2n) is 5.93. The Labute approximate surface area is 171 Å². The standard InChI is InChI=1S/C17H20BrN5OS.ClH/c1-4-22-8-7-14(20-22)16(24)23(10-9-21(2)3)17-19-13-6-5-12(18)11-15(13)25-17;/h5-8,11H,4,9-10H2,1-3H3;1H. The number of hydrogen-bond donors (Lipinski definition) is 0. The molecule has 140 valence electrons. The molecule has 0 radical (unpaired) electrons. The van der Waals surface area contributed by atoms with Gasteiger partial charge in [0.15, 0.2) is 10.8 Å². The zero-order chi connectivity index (χ0) is 18.0. The third kappa shape index (κ3) is 4.62. The second kappa shape index (κ2) is 8.94. The van der Waals surface area contributed by atoms with Crippen LogP contribution >= 0.6 is 39.7 Å². The largest absolute Gasteiger partial charge is 0.308 e. The lowest BCUT2D eigenvalue weighted by Gasteiger charge is -2.21. The highest BCUT2D eigenvalue weighted by atomic mass is 79.9. The van der Waals surface area contributed by atoms with Crippen molar-refractivity contribution in [1.29, 1.82) is 0 Å². The maximum atomic E-state index is 13.0. The number of thiazole rings is 1. The van der Waals surface area contributed by atoms with Gasteiger partial charge in [-0.05, 0) is 45.3 Å². The highest BCUT2D eigenvalue weighted by molar-refractivity contribution is 9.10. The number of amides is 1. The molecule has 0 atom stereocenters. The molecular formula is C17H21BrClN5OS. The smallest absolute Gasteiger partial charge is 0.280 e. The molecule has 0 spiro atoms. The molecule has 3 aromatic rings. The molecule has 0 saturated carbocycles. The average molecular weight is 459 g/mol. The van der Waals surface area contributed by atoms with Crippen molar-refractivity contribution in [1.82, 2.24) is 19.7 Å². The van der Waals surface area contributed by atoms with E-state index in [1.165, 1.54) is 11.3 Å². The lowest BCUT2D eigenvalue weighted by molar-refractivity contribution is 0.0979. The van der Waals surface area contributed by atoms with Crippen LogP contribution in [0.1, 0.15) is 17.4 Å². The predicted octanol–water partition coefficient (Wildman–Crippen LogP) is 3.91. The van der Waals surface area contributed by atoms with Gasteiger partial charge in [0, 0.05) is 30.3 Å². The molecule has 0 unspecified atom stereocenters. The molecule has 2 heterocycles. The molecule has 3 rings (SSSR count). The molecule has 0 fully saturated rings. The van der Waals surface area contributed by atoms with Crippen molar-refractivity contribution >= 4 is 60.9 Å². The minimum atomic E-state index is -0.118. The summed E-state index contributed by atoms with van der Waals surface area (Å²) < 4.78 is 3.81. The van der Waals surface area contributed by atoms with E-state index >= 15 is 0 Å². The lowest BCUT2D eigenvalue weighted by atomic mass is 10.3. The van der Waals surface area contributed by atoms with Crippen LogP contribution in [-0.4, -0.2) is 52.8 Å². The maximum Gasteiger partial charge on any atom is 0.280 e. The summed E-state index contributed by atoms with van der Waals surface area (Å²) in [5.41, 5.74) is 1.34. The second-order valence-corrected chi connectivity index (χ2v) is 7.85. The summed E-state index contributed by atoms with van der Waals surface area (Å²) in [5, 5.41) is 5.05. The van der Waals surface area contributed by atoms with Crippen molar-refractivity contribution in [2.24, 2.45) is 0 Å². The Morgan fingerprint density at radius 2 is 2.04 bits per heavy atom. The van der Waals surface area contributed by atoms with Crippen LogP contribution in [0.2, 0.25) is 0 Å². The number of anilines is 1. The number of carbonyl (C=O) groups is 1. The van der Waals surface area contributed by atoms with Crippen molar-refractivity contribution in [2.45, 2.75) is 13.5 Å². The van der Waals surface area contributed by atoms with Gasteiger partial charge in [0.05, 0.1) is 10.2 Å². The Morgan fingerprint density at radius 1 is 1.27 bits per heavy atom. The third-order valence-electron chi connectivity index (χ3n) is 3.77. The monoisotopic (exact) mass is 457 g/mol. The normalized spacial score (nSPS) is 11.0. The Morgan fingerprint density at radius 3 is 2.69 bits per heavy atom. The molecule has 2 aromatic heterocycles. The zero-order valence-corrected chi connectivity index (χ0v) is 18.1. The summed E-state index contributed by atoms with van der Waals surface area (Å²) in [6.45, 7) is 4.04. The van der Waals surface area contributed by atoms with Gasteiger partial charge < -0.3 is 4.90 Å². The highest BCUT2D eigenvalue weighted by Crippen LogP contribution is 2.31. The summed E-state index contributed by atoms with van der Waals surface area (Å²) in [4.78, 5) is 21.4. The highest BCUT2D eigenvalue weighted by Gasteiger charge is 2.23. The first-order chi connectivity index (χ1) is 12.0. The fourth-order valence-corrected chi connectivity index (χ4v) is 3.92. The number of nitrogens with zero attached hydrogens (tertiary/aromatic N) is 5. The molecule has 9 heteroatoms.